The molecule has 1 aliphatic rings. The van der Waals surface area contributed by atoms with Crippen molar-refractivity contribution >= 4 is 40.6 Å². The zero-order valence-corrected chi connectivity index (χ0v) is 18.0. The van der Waals surface area contributed by atoms with Crippen LogP contribution in [0.25, 0.3) is 6.08 Å². The van der Waals surface area contributed by atoms with E-state index in [9.17, 15) is 14.4 Å². The molecular formula is C23H24N2O4S. The van der Waals surface area contributed by atoms with Crippen molar-refractivity contribution in [3.63, 3.8) is 0 Å². The highest BCUT2D eigenvalue weighted by atomic mass is 32.2. The number of rotatable bonds is 7. The third-order valence-corrected chi connectivity index (χ3v) is 5.62. The van der Waals surface area contributed by atoms with Gasteiger partial charge >= 0.3 is 0 Å². The summed E-state index contributed by atoms with van der Waals surface area (Å²) < 4.78 is 5.52. The molecule has 2 aromatic carbocycles. The quantitative estimate of drug-likeness (QED) is 0.643. The van der Waals surface area contributed by atoms with Gasteiger partial charge in [0, 0.05) is 11.7 Å². The predicted octanol–water partition coefficient (Wildman–Crippen LogP) is 4.85. The molecule has 1 saturated heterocycles. The van der Waals surface area contributed by atoms with Crippen molar-refractivity contribution in [1.82, 2.24) is 4.90 Å². The molecule has 0 radical (unpaired) electrons. The van der Waals surface area contributed by atoms with Crippen LogP contribution in [0, 0.1) is 6.92 Å². The molecule has 156 valence electrons. The van der Waals surface area contributed by atoms with E-state index in [1.165, 1.54) is 4.90 Å². The molecule has 3 rings (SSSR count). The van der Waals surface area contributed by atoms with Gasteiger partial charge in [0.2, 0.25) is 0 Å². The number of anilines is 1. The number of amides is 3. The molecule has 2 aromatic rings. The van der Waals surface area contributed by atoms with E-state index in [-0.39, 0.29) is 29.7 Å². The SMILES string of the molecule is CC[C@@H](C)N1C(=O)S/C(=C/c2ccc(OCC(=O)Nc3ccc(C)cc3)cc2)C1=O. The van der Waals surface area contributed by atoms with Crippen LogP contribution in [0.4, 0.5) is 10.5 Å². The Labute approximate surface area is 180 Å². The standard InChI is InChI=1S/C23H24N2O4S/c1-4-16(3)25-22(27)20(30-23(25)28)13-17-7-11-19(12-8-17)29-14-21(26)24-18-9-5-15(2)6-10-18/h5-13,16H,4,14H2,1-3H3,(H,24,26)/b20-13+/t16-/m1/s1. The van der Waals surface area contributed by atoms with Gasteiger partial charge in [0.1, 0.15) is 5.75 Å². The Morgan fingerprint density at radius 2 is 1.80 bits per heavy atom. The fourth-order valence-corrected chi connectivity index (χ4v) is 3.77. The van der Waals surface area contributed by atoms with Crippen LogP contribution in [0.2, 0.25) is 0 Å². The summed E-state index contributed by atoms with van der Waals surface area (Å²) in [6, 6.07) is 14.4. The average molecular weight is 425 g/mol. The normalized spacial score (nSPS) is 16.1. The first-order valence-electron chi connectivity index (χ1n) is 9.74. The largest absolute Gasteiger partial charge is 0.484 e. The summed E-state index contributed by atoms with van der Waals surface area (Å²) in [6.07, 6.45) is 2.41. The van der Waals surface area contributed by atoms with Crippen LogP contribution in [0.1, 0.15) is 31.4 Å². The number of hydrogen-bond acceptors (Lipinski definition) is 5. The minimum atomic E-state index is -0.257. The number of imide groups is 1. The second kappa shape index (κ2) is 9.63. The molecule has 1 N–H and O–H groups in total. The first-order valence-corrected chi connectivity index (χ1v) is 10.6. The minimum absolute atomic E-state index is 0.110. The Balaban J connectivity index is 1.57. The van der Waals surface area contributed by atoms with Crippen molar-refractivity contribution in [3.8, 4) is 5.75 Å². The number of nitrogens with one attached hydrogen (secondary N) is 1. The van der Waals surface area contributed by atoms with Crippen molar-refractivity contribution in [3.05, 3.63) is 64.6 Å². The van der Waals surface area contributed by atoms with E-state index in [1.54, 1.807) is 30.3 Å². The maximum absolute atomic E-state index is 12.5. The van der Waals surface area contributed by atoms with Gasteiger partial charge in [-0.25, -0.2) is 0 Å². The van der Waals surface area contributed by atoms with Crippen LogP contribution in [0.3, 0.4) is 0 Å². The number of ether oxygens (including phenoxy) is 1. The van der Waals surface area contributed by atoms with Gasteiger partial charge in [-0.15, -0.1) is 0 Å². The molecular weight excluding hydrogens is 400 g/mol. The van der Waals surface area contributed by atoms with Gasteiger partial charge in [-0.3, -0.25) is 19.3 Å². The van der Waals surface area contributed by atoms with Crippen LogP contribution in [0.5, 0.6) is 5.75 Å². The predicted molar refractivity (Wildman–Crippen MR) is 119 cm³/mol. The van der Waals surface area contributed by atoms with Crippen molar-refractivity contribution in [2.24, 2.45) is 0 Å². The smallest absolute Gasteiger partial charge is 0.293 e. The molecule has 1 heterocycles. The Morgan fingerprint density at radius 3 is 2.43 bits per heavy atom. The van der Waals surface area contributed by atoms with Crippen LogP contribution in [0.15, 0.2) is 53.4 Å². The van der Waals surface area contributed by atoms with E-state index in [4.69, 9.17) is 4.74 Å². The molecule has 1 aliphatic heterocycles. The summed E-state index contributed by atoms with van der Waals surface area (Å²) in [5.41, 5.74) is 2.62. The number of aryl methyl sites for hydroxylation is 1. The second-order valence-electron chi connectivity index (χ2n) is 7.08. The van der Waals surface area contributed by atoms with Crippen molar-refractivity contribution in [1.29, 1.82) is 0 Å². The first-order chi connectivity index (χ1) is 14.4. The third-order valence-electron chi connectivity index (χ3n) is 4.74. The lowest BCUT2D eigenvalue weighted by Gasteiger charge is -2.19. The molecule has 1 fully saturated rings. The number of carbonyl (C=O) groups is 3. The molecule has 0 unspecified atom stereocenters. The molecule has 0 aromatic heterocycles. The van der Waals surface area contributed by atoms with E-state index in [2.05, 4.69) is 5.32 Å². The first kappa shape index (κ1) is 21.6. The van der Waals surface area contributed by atoms with E-state index in [0.29, 0.717) is 10.7 Å². The van der Waals surface area contributed by atoms with Crippen LogP contribution in [-0.2, 0) is 9.59 Å². The molecule has 3 amide bonds. The maximum Gasteiger partial charge on any atom is 0.293 e. The highest BCUT2D eigenvalue weighted by molar-refractivity contribution is 8.18. The second-order valence-corrected chi connectivity index (χ2v) is 8.07. The van der Waals surface area contributed by atoms with Crippen LogP contribution in [-0.4, -0.2) is 34.6 Å². The highest BCUT2D eigenvalue weighted by Crippen LogP contribution is 2.34. The monoisotopic (exact) mass is 424 g/mol. The zero-order chi connectivity index (χ0) is 21.7. The molecule has 0 bridgehead atoms. The minimum Gasteiger partial charge on any atom is -0.484 e. The summed E-state index contributed by atoms with van der Waals surface area (Å²) in [5.74, 6) is 0.0352. The average Bonchev–Trinajstić information content (AvgIpc) is 3.01. The van der Waals surface area contributed by atoms with Crippen LogP contribution < -0.4 is 10.1 Å². The van der Waals surface area contributed by atoms with Gasteiger partial charge < -0.3 is 10.1 Å². The topological polar surface area (TPSA) is 75.7 Å². The fourth-order valence-electron chi connectivity index (χ4n) is 2.84. The highest BCUT2D eigenvalue weighted by Gasteiger charge is 2.37. The van der Waals surface area contributed by atoms with Crippen molar-refractivity contribution < 1.29 is 19.1 Å². The van der Waals surface area contributed by atoms with Crippen molar-refractivity contribution in [2.75, 3.05) is 11.9 Å². The molecule has 7 heteroatoms. The Morgan fingerprint density at radius 1 is 1.13 bits per heavy atom. The summed E-state index contributed by atoms with van der Waals surface area (Å²) >= 11 is 0.955. The summed E-state index contributed by atoms with van der Waals surface area (Å²) in [5, 5.41) is 2.54. The van der Waals surface area contributed by atoms with E-state index >= 15 is 0 Å². The van der Waals surface area contributed by atoms with Gasteiger partial charge in [0.05, 0.1) is 4.91 Å². The Kier molecular flexibility index (Phi) is 6.95. The third kappa shape index (κ3) is 5.30. The van der Waals surface area contributed by atoms with Gasteiger partial charge in [0.25, 0.3) is 17.1 Å². The van der Waals surface area contributed by atoms with Gasteiger partial charge in [-0.05, 0) is 67.9 Å². The van der Waals surface area contributed by atoms with E-state index < -0.39 is 0 Å². The molecule has 0 saturated carbocycles. The van der Waals surface area contributed by atoms with Crippen molar-refractivity contribution in [2.45, 2.75) is 33.2 Å². The van der Waals surface area contributed by atoms with Gasteiger partial charge in [-0.2, -0.15) is 0 Å². The lowest BCUT2D eigenvalue weighted by Crippen LogP contribution is -2.36. The number of hydrogen-bond donors (Lipinski definition) is 1. The molecule has 1 atom stereocenters. The fraction of sp³-hybridized carbons (Fsp3) is 0.261. The Hall–Kier alpha value is -3.06. The summed E-state index contributed by atoms with van der Waals surface area (Å²) in [7, 11) is 0. The number of nitrogens with zero attached hydrogens (tertiary/aromatic N) is 1. The summed E-state index contributed by atoms with van der Waals surface area (Å²) in [6.45, 7) is 5.67. The van der Waals surface area contributed by atoms with E-state index in [0.717, 1.165) is 35.0 Å². The van der Waals surface area contributed by atoms with Crippen LogP contribution >= 0.6 is 11.8 Å². The maximum atomic E-state index is 12.5. The van der Waals surface area contributed by atoms with Gasteiger partial charge in [-0.1, -0.05) is 36.8 Å². The lowest BCUT2D eigenvalue weighted by molar-refractivity contribution is -0.124. The molecule has 0 aliphatic carbocycles. The molecule has 6 nitrogen and oxygen atoms in total. The number of benzene rings is 2. The number of thioether (sulfide) groups is 1. The number of carbonyl (C=O) groups excluding carboxylic acids is 3. The zero-order valence-electron chi connectivity index (χ0n) is 17.2. The van der Waals surface area contributed by atoms with Gasteiger partial charge in [0.15, 0.2) is 6.61 Å². The molecule has 30 heavy (non-hydrogen) atoms. The molecule has 0 spiro atoms. The summed E-state index contributed by atoms with van der Waals surface area (Å²) in [4.78, 5) is 38.3. The Bertz CT molecular complexity index is 968. The van der Waals surface area contributed by atoms with E-state index in [1.807, 2.05) is 45.0 Å². The lowest BCUT2D eigenvalue weighted by atomic mass is 10.2.